The van der Waals surface area contributed by atoms with Crippen LogP contribution in [0.2, 0.25) is 0 Å². The van der Waals surface area contributed by atoms with Crippen LogP contribution < -0.4 is 0 Å². The highest BCUT2D eigenvalue weighted by atomic mass is 16.6. The van der Waals surface area contributed by atoms with Crippen molar-refractivity contribution in [2.24, 2.45) is 16.7 Å². The number of esters is 1. The van der Waals surface area contributed by atoms with Crippen LogP contribution in [-0.4, -0.2) is 52.0 Å². The molecule has 0 radical (unpaired) electrons. The summed E-state index contributed by atoms with van der Waals surface area (Å²) in [6.45, 7) is 7.77. The third-order valence-electron chi connectivity index (χ3n) is 7.84. The molecule has 3 aliphatic carbocycles. The molecule has 1 unspecified atom stereocenters. The predicted molar refractivity (Wildman–Crippen MR) is 112 cm³/mol. The second-order valence-corrected chi connectivity index (χ2v) is 10.4. The van der Waals surface area contributed by atoms with E-state index in [-0.39, 0.29) is 34.0 Å². The molecule has 7 nitrogen and oxygen atoms in total. The lowest BCUT2D eigenvalue weighted by Crippen LogP contribution is -2.75. The number of aliphatic hydroxyl groups is 1. The van der Waals surface area contributed by atoms with Crippen LogP contribution in [-0.2, 0) is 14.3 Å². The summed E-state index contributed by atoms with van der Waals surface area (Å²) < 4.78 is 11.7. The van der Waals surface area contributed by atoms with E-state index in [1.165, 1.54) is 13.2 Å². The van der Waals surface area contributed by atoms with Gasteiger partial charge in [-0.3, -0.25) is 4.79 Å². The van der Waals surface area contributed by atoms with Crippen LogP contribution in [0.25, 0.3) is 0 Å². The molecule has 7 heteroatoms. The number of phenolic OH excluding ortho intramolecular Hbond substituents is 2. The van der Waals surface area contributed by atoms with E-state index in [1.54, 1.807) is 13.0 Å². The largest absolute Gasteiger partial charge is 0.508 e. The molecule has 168 valence electrons. The van der Waals surface area contributed by atoms with Crippen molar-refractivity contribution in [3.63, 3.8) is 0 Å². The van der Waals surface area contributed by atoms with Crippen LogP contribution in [0.3, 0.4) is 0 Å². The number of phenols is 2. The zero-order chi connectivity index (χ0) is 23.0. The first kappa shape index (κ1) is 21.8. The first-order valence-corrected chi connectivity index (χ1v) is 10.5. The van der Waals surface area contributed by atoms with E-state index in [0.717, 1.165) is 12.5 Å². The van der Waals surface area contributed by atoms with Crippen molar-refractivity contribution < 1.29 is 34.4 Å². The molecule has 0 aliphatic heterocycles. The van der Waals surface area contributed by atoms with Gasteiger partial charge in [-0.25, -0.2) is 4.79 Å². The number of carbonyl (C=O) groups is 2. The fraction of sp³-hybridized carbons (Fsp3) is 0.583. The van der Waals surface area contributed by atoms with E-state index in [0.29, 0.717) is 24.7 Å². The molecular weight excluding hydrogens is 400 g/mol. The maximum Gasteiger partial charge on any atom is 0.342 e. The van der Waals surface area contributed by atoms with Crippen molar-refractivity contribution in [1.29, 1.82) is 0 Å². The molecule has 0 spiro atoms. The average molecular weight is 430 g/mol. The van der Waals surface area contributed by atoms with Crippen molar-refractivity contribution in [3.8, 4) is 11.5 Å². The Morgan fingerprint density at radius 1 is 1.19 bits per heavy atom. The summed E-state index contributed by atoms with van der Waals surface area (Å²) in [5, 5.41) is 31.2. The summed E-state index contributed by atoms with van der Waals surface area (Å²) in [4.78, 5) is 25.1. The van der Waals surface area contributed by atoms with Crippen molar-refractivity contribution in [2.45, 2.75) is 64.3 Å². The van der Waals surface area contributed by atoms with Crippen LogP contribution in [0.1, 0.15) is 56.0 Å². The van der Waals surface area contributed by atoms with E-state index in [9.17, 15) is 24.9 Å². The Labute approximate surface area is 181 Å². The quantitative estimate of drug-likeness (QED) is 0.497. The molecule has 0 heterocycles. The molecule has 4 rings (SSSR count). The number of methoxy groups -OCH3 is 1. The lowest BCUT2D eigenvalue weighted by molar-refractivity contribution is -0.272. The topological polar surface area (TPSA) is 113 Å². The molecule has 2 fully saturated rings. The zero-order valence-electron chi connectivity index (χ0n) is 18.6. The standard InChI is InChI=1S/C24H30O7/c1-13-6-15(26)7-16(27)19(13)20(28)31-18-10-22(4)17-9-21(2,3)12-23(17,29)8-14(11-25)24(18,22)30-5/h6-8,11,17-18,26-27,29H,9-10,12H2,1-5H3/t17?,18-,22-,23+,24+/m1/s1. The Morgan fingerprint density at radius 3 is 2.45 bits per heavy atom. The van der Waals surface area contributed by atoms with Gasteiger partial charge in [0.25, 0.3) is 0 Å². The summed E-state index contributed by atoms with van der Waals surface area (Å²) in [5.74, 6) is -1.44. The number of ether oxygens (including phenoxy) is 2. The second-order valence-electron chi connectivity index (χ2n) is 10.4. The highest BCUT2D eigenvalue weighted by Gasteiger charge is 2.76. The Balaban J connectivity index is 1.73. The highest BCUT2D eigenvalue weighted by molar-refractivity contribution is 5.94. The van der Waals surface area contributed by atoms with Gasteiger partial charge >= 0.3 is 5.97 Å². The minimum atomic E-state index is -1.18. The van der Waals surface area contributed by atoms with Gasteiger partial charge in [0, 0.05) is 30.1 Å². The van der Waals surface area contributed by atoms with Crippen molar-refractivity contribution in [1.82, 2.24) is 0 Å². The first-order chi connectivity index (χ1) is 14.3. The molecule has 3 aliphatic rings. The summed E-state index contributed by atoms with van der Waals surface area (Å²) in [7, 11) is 1.49. The normalized spacial score (nSPS) is 37.8. The Hall–Kier alpha value is -2.38. The second kappa shape index (κ2) is 6.56. The summed E-state index contributed by atoms with van der Waals surface area (Å²) in [6, 6.07) is 2.45. The maximum absolute atomic E-state index is 13.0. The van der Waals surface area contributed by atoms with Crippen LogP contribution >= 0.6 is 0 Å². The van der Waals surface area contributed by atoms with E-state index in [2.05, 4.69) is 13.8 Å². The minimum absolute atomic E-state index is 0.0383. The van der Waals surface area contributed by atoms with Gasteiger partial charge in [-0.15, -0.1) is 0 Å². The number of aromatic hydroxyl groups is 2. The molecule has 0 saturated heterocycles. The number of fused-ring (bicyclic) bond motifs is 3. The molecule has 31 heavy (non-hydrogen) atoms. The van der Waals surface area contributed by atoms with E-state index in [1.807, 2.05) is 6.92 Å². The smallest absolute Gasteiger partial charge is 0.342 e. The number of aldehydes is 1. The summed E-state index contributed by atoms with van der Waals surface area (Å²) in [5.41, 5.74) is -2.38. The molecule has 1 aromatic carbocycles. The molecular formula is C24H30O7. The Morgan fingerprint density at radius 2 is 1.87 bits per heavy atom. The van der Waals surface area contributed by atoms with Crippen LogP contribution in [0, 0.1) is 23.7 Å². The number of hydrogen-bond acceptors (Lipinski definition) is 7. The fourth-order valence-electron chi connectivity index (χ4n) is 6.76. The molecule has 1 aromatic rings. The highest BCUT2D eigenvalue weighted by Crippen LogP contribution is 2.70. The van der Waals surface area contributed by atoms with Gasteiger partial charge in [-0.2, -0.15) is 0 Å². The Bertz CT molecular complexity index is 973. The molecule has 0 aromatic heterocycles. The van der Waals surface area contributed by atoms with Gasteiger partial charge < -0.3 is 24.8 Å². The van der Waals surface area contributed by atoms with Crippen LogP contribution in [0.5, 0.6) is 11.5 Å². The number of rotatable bonds is 4. The summed E-state index contributed by atoms with van der Waals surface area (Å²) >= 11 is 0. The number of aryl methyl sites for hydroxylation is 1. The third kappa shape index (κ3) is 2.79. The van der Waals surface area contributed by atoms with Gasteiger partial charge in [0.2, 0.25) is 0 Å². The monoisotopic (exact) mass is 430 g/mol. The van der Waals surface area contributed by atoms with E-state index < -0.39 is 28.7 Å². The maximum atomic E-state index is 13.0. The Kier molecular flexibility index (Phi) is 4.62. The molecule has 0 bridgehead atoms. The number of carbonyl (C=O) groups excluding carboxylic acids is 2. The van der Waals surface area contributed by atoms with Gasteiger partial charge in [-0.05, 0) is 49.3 Å². The molecule has 2 saturated carbocycles. The molecule has 3 N–H and O–H groups in total. The average Bonchev–Trinajstić information content (AvgIpc) is 2.89. The summed E-state index contributed by atoms with van der Waals surface area (Å²) in [6.07, 6.45) is 3.25. The van der Waals surface area contributed by atoms with Gasteiger partial charge in [-0.1, -0.05) is 20.8 Å². The molecule has 5 atom stereocenters. The number of benzene rings is 1. The minimum Gasteiger partial charge on any atom is -0.508 e. The molecule has 0 amide bonds. The van der Waals surface area contributed by atoms with Crippen molar-refractivity contribution in [2.75, 3.05) is 7.11 Å². The van der Waals surface area contributed by atoms with E-state index in [4.69, 9.17) is 9.47 Å². The lowest BCUT2D eigenvalue weighted by Gasteiger charge is -2.67. The number of hydrogen-bond donors (Lipinski definition) is 3. The first-order valence-electron chi connectivity index (χ1n) is 10.5. The van der Waals surface area contributed by atoms with Gasteiger partial charge in [0.15, 0.2) is 0 Å². The SMILES string of the molecule is CO[C@]12C(C=O)=C[C@]3(O)CC(C)(C)CC3[C@@]1(C)C[C@H]2OC(=O)c1c(C)cc(O)cc1O. The van der Waals surface area contributed by atoms with Crippen LogP contribution in [0.4, 0.5) is 0 Å². The zero-order valence-corrected chi connectivity index (χ0v) is 18.6. The van der Waals surface area contributed by atoms with Gasteiger partial charge in [0.1, 0.15) is 35.1 Å². The van der Waals surface area contributed by atoms with E-state index >= 15 is 0 Å². The van der Waals surface area contributed by atoms with Crippen molar-refractivity contribution in [3.05, 3.63) is 34.9 Å². The fourth-order valence-corrected chi connectivity index (χ4v) is 6.76. The van der Waals surface area contributed by atoms with Crippen molar-refractivity contribution >= 4 is 12.3 Å². The lowest BCUT2D eigenvalue weighted by atomic mass is 9.43. The van der Waals surface area contributed by atoms with Crippen LogP contribution in [0.15, 0.2) is 23.8 Å². The third-order valence-corrected chi connectivity index (χ3v) is 7.84. The van der Waals surface area contributed by atoms with Gasteiger partial charge in [0.05, 0.1) is 5.60 Å². The predicted octanol–water partition coefficient (Wildman–Crippen LogP) is 3.03.